The molecule has 0 aliphatic carbocycles. The molecule has 0 aromatic heterocycles. The van der Waals surface area contributed by atoms with Crippen molar-refractivity contribution in [1.29, 1.82) is 0 Å². The van der Waals surface area contributed by atoms with E-state index in [1.807, 2.05) is 24.3 Å². The van der Waals surface area contributed by atoms with Crippen LogP contribution in [0.25, 0.3) is 32.7 Å². The van der Waals surface area contributed by atoms with Crippen molar-refractivity contribution in [1.82, 2.24) is 4.90 Å². The van der Waals surface area contributed by atoms with Crippen LogP contribution in [-0.2, 0) is 0 Å². The Kier molecular flexibility index (Phi) is 5.49. The van der Waals surface area contributed by atoms with E-state index in [1.165, 1.54) is 26.8 Å². The number of nitrogens with zero attached hydrogens (tertiary/aromatic N) is 1. The van der Waals surface area contributed by atoms with Crippen LogP contribution in [-0.4, -0.2) is 23.3 Å². The summed E-state index contributed by atoms with van der Waals surface area (Å²) in [5.74, 6) is -0.340. The number of amides is 2. The van der Waals surface area contributed by atoms with Gasteiger partial charge in [0.05, 0.1) is 0 Å². The van der Waals surface area contributed by atoms with Gasteiger partial charge in [0.2, 0.25) is 0 Å². The Balaban J connectivity index is 1.67. The van der Waals surface area contributed by atoms with E-state index in [9.17, 15) is 9.59 Å². The summed E-state index contributed by atoms with van der Waals surface area (Å²) in [7, 11) is 0. The molecule has 0 saturated carbocycles. The minimum absolute atomic E-state index is 0.170. The van der Waals surface area contributed by atoms with Gasteiger partial charge in [0.1, 0.15) is 0 Å². The van der Waals surface area contributed by atoms with Crippen LogP contribution >= 0.6 is 0 Å². The number of carbonyl (C=O) groups is 2. The topological polar surface area (TPSA) is 37.4 Å². The van der Waals surface area contributed by atoms with E-state index in [0.717, 1.165) is 47.6 Å². The molecule has 3 nitrogen and oxygen atoms in total. The number of carbonyl (C=O) groups excluding carboxylic acids is 2. The minimum Gasteiger partial charge on any atom is -0.274 e. The van der Waals surface area contributed by atoms with Crippen LogP contribution in [0.1, 0.15) is 64.4 Å². The lowest BCUT2D eigenvalue weighted by atomic mass is 9.86. The van der Waals surface area contributed by atoms with Gasteiger partial charge in [-0.25, -0.2) is 0 Å². The number of rotatable bonds is 6. The second kappa shape index (κ2) is 8.47. The molecule has 0 unspecified atom stereocenters. The Morgan fingerprint density at radius 1 is 0.606 bits per heavy atom. The fraction of sp³-hybridized carbons (Fsp3) is 0.267. The van der Waals surface area contributed by atoms with Gasteiger partial charge in [-0.2, -0.15) is 0 Å². The highest BCUT2D eigenvalue weighted by atomic mass is 16.2. The first-order valence-corrected chi connectivity index (χ1v) is 11.9. The summed E-state index contributed by atoms with van der Waals surface area (Å²) in [6.45, 7) is 6.92. The first-order valence-electron chi connectivity index (χ1n) is 11.9. The number of unbranched alkanes of at least 4 members (excludes halogenated alkanes) is 3. The molecule has 0 saturated heterocycles. The molecule has 0 bridgehead atoms. The largest absolute Gasteiger partial charge is 0.274 e. The molecular formula is C30H29NO2. The van der Waals surface area contributed by atoms with Gasteiger partial charge < -0.3 is 0 Å². The Labute approximate surface area is 195 Å². The molecule has 166 valence electrons. The van der Waals surface area contributed by atoms with Crippen molar-refractivity contribution in [2.45, 2.75) is 46.5 Å². The van der Waals surface area contributed by atoms with E-state index in [1.54, 1.807) is 0 Å². The molecule has 2 amide bonds. The second-order valence-electron chi connectivity index (χ2n) is 9.14. The zero-order valence-electron chi connectivity index (χ0n) is 19.6. The maximum Gasteiger partial charge on any atom is 0.261 e. The summed E-state index contributed by atoms with van der Waals surface area (Å²) in [5, 5.41) is 4.21. The zero-order chi connectivity index (χ0) is 23.1. The molecule has 1 aliphatic rings. The van der Waals surface area contributed by atoms with Crippen molar-refractivity contribution < 1.29 is 9.59 Å². The van der Waals surface area contributed by atoms with Crippen LogP contribution in [0.4, 0.5) is 0 Å². The smallest absolute Gasteiger partial charge is 0.261 e. The highest BCUT2D eigenvalue weighted by Gasteiger charge is 2.33. The number of hydrogen-bond donors (Lipinski definition) is 0. The number of benzene rings is 4. The van der Waals surface area contributed by atoms with Crippen LogP contribution in [0, 0.1) is 13.8 Å². The summed E-state index contributed by atoms with van der Waals surface area (Å²) in [6, 6.07) is 20.5. The average molecular weight is 436 g/mol. The first kappa shape index (κ1) is 21.4. The summed E-state index contributed by atoms with van der Waals surface area (Å²) in [4.78, 5) is 28.1. The van der Waals surface area contributed by atoms with Crippen molar-refractivity contribution in [3.05, 3.63) is 82.9 Å². The van der Waals surface area contributed by atoms with E-state index in [0.29, 0.717) is 17.7 Å². The molecule has 3 heteroatoms. The minimum atomic E-state index is -0.170. The standard InChI is InChI=1S/C30H29NO2/c1-4-5-6-7-18-31-29(32)25-13-9-12-24-22(16-17-26(28(24)25)30(31)33)21-15-14-20(3)27-19(2)10-8-11-23(21)27/h8-17H,4-7,18H2,1-3H3. The van der Waals surface area contributed by atoms with Crippen molar-refractivity contribution in [2.75, 3.05) is 6.54 Å². The van der Waals surface area contributed by atoms with Crippen LogP contribution in [0.2, 0.25) is 0 Å². The fourth-order valence-corrected chi connectivity index (χ4v) is 5.31. The normalized spacial score (nSPS) is 13.4. The Bertz CT molecular complexity index is 1390. The van der Waals surface area contributed by atoms with Crippen LogP contribution in [0.3, 0.4) is 0 Å². The lowest BCUT2D eigenvalue weighted by Crippen LogP contribution is -2.40. The molecule has 33 heavy (non-hydrogen) atoms. The van der Waals surface area contributed by atoms with Gasteiger partial charge in [-0.05, 0) is 70.8 Å². The third kappa shape index (κ3) is 3.43. The Morgan fingerprint density at radius 2 is 1.18 bits per heavy atom. The first-order chi connectivity index (χ1) is 16.0. The van der Waals surface area contributed by atoms with E-state index >= 15 is 0 Å². The lowest BCUT2D eigenvalue weighted by molar-refractivity contribution is 0.0608. The predicted octanol–water partition coefficient (Wildman–Crippen LogP) is 7.45. The van der Waals surface area contributed by atoms with Gasteiger partial charge >= 0.3 is 0 Å². The van der Waals surface area contributed by atoms with Crippen LogP contribution < -0.4 is 0 Å². The molecule has 4 aromatic rings. The summed E-state index contributed by atoms with van der Waals surface area (Å²) < 4.78 is 0. The molecule has 1 heterocycles. The molecule has 0 spiro atoms. The van der Waals surface area contributed by atoms with E-state index in [4.69, 9.17) is 0 Å². The monoisotopic (exact) mass is 435 g/mol. The molecule has 1 aliphatic heterocycles. The Hall–Kier alpha value is -3.46. The van der Waals surface area contributed by atoms with Gasteiger partial charge in [-0.3, -0.25) is 14.5 Å². The molecule has 0 radical (unpaired) electrons. The highest BCUT2D eigenvalue weighted by molar-refractivity contribution is 6.27. The summed E-state index contributed by atoms with van der Waals surface area (Å²) in [6.07, 6.45) is 4.13. The summed E-state index contributed by atoms with van der Waals surface area (Å²) >= 11 is 0. The number of hydrogen-bond acceptors (Lipinski definition) is 2. The molecule has 0 N–H and O–H groups in total. The third-order valence-corrected chi connectivity index (χ3v) is 6.97. The van der Waals surface area contributed by atoms with E-state index in [2.05, 4.69) is 57.2 Å². The van der Waals surface area contributed by atoms with E-state index < -0.39 is 0 Å². The molecule has 0 fully saturated rings. The number of fused-ring (bicyclic) bond motifs is 1. The fourth-order valence-electron chi connectivity index (χ4n) is 5.31. The van der Waals surface area contributed by atoms with Crippen LogP contribution in [0.5, 0.6) is 0 Å². The maximum atomic E-state index is 13.3. The van der Waals surface area contributed by atoms with Crippen LogP contribution in [0.15, 0.2) is 60.7 Å². The molecule has 4 aromatic carbocycles. The third-order valence-electron chi connectivity index (χ3n) is 6.97. The van der Waals surface area contributed by atoms with Crippen molar-refractivity contribution in [2.24, 2.45) is 0 Å². The van der Waals surface area contributed by atoms with Gasteiger partial charge in [0.25, 0.3) is 11.8 Å². The number of aryl methyl sites for hydroxylation is 2. The predicted molar refractivity (Wildman–Crippen MR) is 136 cm³/mol. The lowest BCUT2D eigenvalue weighted by Gasteiger charge is -2.28. The molecule has 5 rings (SSSR count). The SMILES string of the molecule is CCCCCCN1C(=O)c2cccc3c(-c4ccc(C)c5c(C)cccc45)ccc(c23)C1=O. The molecular weight excluding hydrogens is 406 g/mol. The number of imide groups is 1. The Morgan fingerprint density at radius 3 is 1.91 bits per heavy atom. The van der Waals surface area contributed by atoms with Crippen molar-refractivity contribution in [3.8, 4) is 11.1 Å². The second-order valence-corrected chi connectivity index (χ2v) is 9.14. The average Bonchev–Trinajstić information content (AvgIpc) is 2.82. The highest BCUT2D eigenvalue weighted by Crippen LogP contribution is 2.40. The maximum absolute atomic E-state index is 13.3. The molecule has 0 atom stereocenters. The van der Waals surface area contributed by atoms with Gasteiger partial charge in [0, 0.05) is 23.1 Å². The quantitative estimate of drug-likeness (QED) is 0.233. The van der Waals surface area contributed by atoms with Gasteiger partial charge in [-0.1, -0.05) is 74.7 Å². The summed E-state index contributed by atoms with van der Waals surface area (Å²) in [5.41, 5.74) is 5.95. The van der Waals surface area contributed by atoms with Crippen molar-refractivity contribution >= 4 is 33.4 Å². The zero-order valence-corrected chi connectivity index (χ0v) is 19.6. The van der Waals surface area contributed by atoms with Gasteiger partial charge in [-0.15, -0.1) is 0 Å². The van der Waals surface area contributed by atoms with E-state index in [-0.39, 0.29) is 11.8 Å². The van der Waals surface area contributed by atoms with Crippen molar-refractivity contribution in [3.63, 3.8) is 0 Å². The van der Waals surface area contributed by atoms with Gasteiger partial charge in [0.15, 0.2) is 0 Å².